The topological polar surface area (TPSA) is 54.5 Å². The maximum Gasteiger partial charge on any atom is 0.264 e. The van der Waals surface area contributed by atoms with Crippen LogP contribution in [0.1, 0.15) is 27.9 Å². The Kier molecular flexibility index (Phi) is 5.81. The van der Waals surface area contributed by atoms with Crippen LogP contribution in [0.4, 0.5) is 14.5 Å². The summed E-state index contributed by atoms with van der Waals surface area (Å²) in [6.07, 6.45) is 1.35. The van der Waals surface area contributed by atoms with E-state index in [2.05, 4.69) is 0 Å². The third-order valence-electron chi connectivity index (χ3n) is 5.22. The molecule has 4 rings (SSSR count). The van der Waals surface area contributed by atoms with Crippen molar-refractivity contribution < 1.29 is 22.0 Å². The highest BCUT2D eigenvalue weighted by Gasteiger charge is 2.29. The zero-order valence-corrected chi connectivity index (χ0v) is 17.9. The quantitative estimate of drug-likeness (QED) is 0.492. The summed E-state index contributed by atoms with van der Waals surface area (Å²) in [5, 5.41) is 0.0310. The lowest BCUT2D eigenvalue weighted by Gasteiger charge is -2.31. The van der Waals surface area contributed by atoms with Crippen molar-refractivity contribution in [1.82, 2.24) is 0 Å². The Morgan fingerprint density at radius 3 is 2.39 bits per heavy atom. The number of rotatable bonds is 5. The number of hydrogen-bond acceptors (Lipinski definition) is 3. The molecule has 1 aliphatic rings. The third-order valence-corrected chi connectivity index (χ3v) is 7.36. The van der Waals surface area contributed by atoms with E-state index < -0.39 is 21.7 Å². The largest absolute Gasteiger partial charge is 0.294 e. The molecule has 3 aromatic rings. The first kappa shape index (κ1) is 21.5. The molecule has 3 aromatic carbocycles. The van der Waals surface area contributed by atoms with E-state index in [0.29, 0.717) is 24.1 Å². The summed E-state index contributed by atoms with van der Waals surface area (Å²) in [5.74, 6) is -1.34. The van der Waals surface area contributed by atoms with Crippen LogP contribution in [0.15, 0.2) is 65.6 Å². The molecule has 0 aromatic heterocycles. The molecule has 0 bridgehead atoms. The van der Waals surface area contributed by atoms with Crippen molar-refractivity contribution in [3.8, 4) is 0 Å². The first-order chi connectivity index (χ1) is 14.8. The molecular formula is C23H18ClF2NO3S. The van der Waals surface area contributed by atoms with Gasteiger partial charge < -0.3 is 0 Å². The van der Waals surface area contributed by atoms with Crippen molar-refractivity contribution in [2.24, 2.45) is 0 Å². The van der Waals surface area contributed by atoms with Gasteiger partial charge in [-0.05, 0) is 72.5 Å². The molecule has 31 heavy (non-hydrogen) atoms. The number of halogens is 3. The number of carbonyl (C=O) groups excluding carboxylic acids is 1. The monoisotopic (exact) mass is 461 g/mol. The molecule has 0 saturated heterocycles. The van der Waals surface area contributed by atoms with Gasteiger partial charge in [0.2, 0.25) is 0 Å². The van der Waals surface area contributed by atoms with Crippen LogP contribution in [0.3, 0.4) is 0 Å². The van der Waals surface area contributed by atoms with E-state index in [1.807, 2.05) is 6.07 Å². The van der Waals surface area contributed by atoms with Crippen molar-refractivity contribution in [2.45, 2.75) is 24.2 Å². The number of sulfonamides is 1. The number of benzene rings is 3. The number of aryl methyl sites for hydroxylation is 1. The Labute approximate surface area is 184 Å². The summed E-state index contributed by atoms with van der Waals surface area (Å²) in [6.45, 7) is 0.286. The van der Waals surface area contributed by atoms with E-state index in [1.54, 1.807) is 12.1 Å². The predicted octanol–water partition coefficient (Wildman–Crippen LogP) is 5.19. The van der Waals surface area contributed by atoms with Gasteiger partial charge in [-0.25, -0.2) is 17.2 Å². The van der Waals surface area contributed by atoms with Crippen LogP contribution in [0.2, 0.25) is 5.02 Å². The molecule has 0 N–H and O–H groups in total. The minimum absolute atomic E-state index is 0.00123. The van der Waals surface area contributed by atoms with Gasteiger partial charge in [-0.3, -0.25) is 9.10 Å². The Bertz CT molecular complexity index is 1260. The van der Waals surface area contributed by atoms with Gasteiger partial charge in [-0.2, -0.15) is 0 Å². The summed E-state index contributed by atoms with van der Waals surface area (Å²) in [7, 11) is -3.88. The highest BCUT2D eigenvalue weighted by atomic mass is 35.5. The van der Waals surface area contributed by atoms with E-state index in [-0.39, 0.29) is 34.2 Å². The van der Waals surface area contributed by atoms with Crippen LogP contribution >= 0.6 is 11.6 Å². The molecule has 0 radical (unpaired) electrons. The van der Waals surface area contributed by atoms with Gasteiger partial charge in [0, 0.05) is 18.5 Å². The maximum absolute atomic E-state index is 13.3. The standard InChI is InChI=1S/C23H18ClF2NO3S/c24-21-14-18(26)7-10-20(21)23(28)13-15-3-4-16-2-1-11-27(22(16)12-15)31(29,30)19-8-5-17(25)6-9-19/h3-10,12,14H,1-2,11,13H2. The summed E-state index contributed by atoms with van der Waals surface area (Å²) < 4.78 is 54.2. The average molecular weight is 462 g/mol. The molecule has 0 atom stereocenters. The van der Waals surface area contributed by atoms with Gasteiger partial charge in [0.1, 0.15) is 11.6 Å². The lowest BCUT2D eigenvalue weighted by molar-refractivity contribution is 0.0993. The summed E-state index contributed by atoms with van der Waals surface area (Å²) in [6, 6.07) is 13.6. The van der Waals surface area contributed by atoms with Gasteiger partial charge in [0.05, 0.1) is 15.6 Å². The normalized spacial score (nSPS) is 13.7. The van der Waals surface area contributed by atoms with Crippen molar-refractivity contribution >= 4 is 33.1 Å². The van der Waals surface area contributed by atoms with Gasteiger partial charge in [-0.1, -0.05) is 23.7 Å². The lowest BCUT2D eigenvalue weighted by Crippen LogP contribution is -2.35. The molecule has 160 valence electrons. The molecule has 0 aliphatic carbocycles. The zero-order valence-electron chi connectivity index (χ0n) is 16.3. The van der Waals surface area contributed by atoms with Crippen LogP contribution in [-0.2, 0) is 22.9 Å². The van der Waals surface area contributed by atoms with Gasteiger partial charge >= 0.3 is 0 Å². The molecule has 0 saturated carbocycles. The summed E-state index contributed by atoms with van der Waals surface area (Å²) in [5.41, 5.74) is 2.18. The van der Waals surface area contributed by atoms with E-state index in [9.17, 15) is 22.0 Å². The number of carbonyl (C=O) groups is 1. The van der Waals surface area contributed by atoms with Crippen molar-refractivity contribution in [3.63, 3.8) is 0 Å². The first-order valence-corrected chi connectivity index (χ1v) is 11.5. The second kappa shape index (κ2) is 8.40. The van der Waals surface area contributed by atoms with Crippen LogP contribution in [0, 0.1) is 11.6 Å². The number of ketones is 1. The summed E-state index contributed by atoms with van der Waals surface area (Å²) in [4.78, 5) is 12.7. The molecule has 1 aliphatic heterocycles. The number of hydrogen-bond donors (Lipinski definition) is 0. The second-order valence-electron chi connectivity index (χ2n) is 7.32. The smallest absolute Gasteiger partial charge is 0.264 e. The number of fused-ring (bicyclic) bond motifs is 1. The number of nitrogens with zero attached hydrogens (tertiary/aromatic N) is 1. The second-order valence-corrected chi connectivity index (χ2v) is 9.59. The molecular weight excluding hydrogens is 444 g/mol. The lowest BCUT2D eigenvalue weighted by atomic mass is 9.97. The third kappa shape index (κ3) is 4.34. The Morgan fingerprint density at radius 1 is 0.968 bits per heavy atom. The van der Waals surface area contributed by atoms with Crippen LogP contribution in [0.25, 0.3) is 0 Å². The highest BCUT2D eigenvalue weighted by molar-refractivity contribution is 7.92. The Morgan fingerprint density at radius 2 is 1.68 bits per heavy atom. The SMILES string of the molecule is O=C(Cc1ccc2c(c1)N(S(=O)(=O)c1ccc(F)cc1)CCC2)c1ccc(F)cc1Cl. The number of Topliss-reactive ketones (excluding diaryl/α,β-unsaturated/α-hetero) is 1. The van der Waals surface area contributed by atoms with Crippen molar-refractivity contribution in [1.29, 1.82) is 0 Å². The highest BCUT2D eigenvalue weighted by Crippen LogP contribution is 2.33. The van der Waals surface area contributed by atoms with Gasteiger partial charge in [0.25, 0.3) is 10.0 Å². The van der Waals surface area contributed by atoms with Gasteiger partial charge in [0.15, 0.2) is 5.78 Å². The maximum atomic E-state index is 13.3. The van der Waals surface area contributed by atoms with Crippen LogP contribution in [-0.4, -0.2) is 20.7 Å². The fourth-order valence-corrected chi connectivity index (χ4v) is 5.48. The van der Waals surface area contributed by atoms with Gasteiger partial charge in [-0.15, -0.1) is 0 Å². The molecule has 1 heterocycles. The zero-order chi connectivity index (χ0) is 22.2. The molecule has 4 nitrogen and oxygen atoms in total. The predicted molar refractivity (Wildman–Crippen MR) is 115 cm³/mol. The average Bonchev–Trinajstić information content (AvgIpc) is 2.73. The summed E-state index contributed by atoms with van der Waals surface area (Å²) >= 11 is 5.99. The minimum atomic E-state index is -3.88. The Balaban J connectivity index is 1.66. The molecule has 8 heteroatoms. The van der Waals surface area contributed by atoms with E-state index in [4.69, 9.17) is 11.6 Å². The molecule has 0 spiro atoms. The number of anilines is 1. The minimum Gasteiger partial charge on any atom is -0.294 e. The fraction of sp³-hybridized carbons (Fsp3) is 0.174. The Hall–Kier alpha value is -2.77. The van der Waals surface area contributed by atoms with E-state index in [1.165, 1.54) is 28.6 Å². The van der Waals surface area contributed by atoms with Crippen molar-refractivity contribution in [2.75, 3.05) is 10.8 Å². The van der Waals surface area contributed by atoms with E-state index in [0.717, 1.165) is 23.8 Å². The molecule has 0 fully saturated rings. The van der Waals surface area contributed by atoms with Crippen LogP contribution in [0.5, 0.6) is 0 Å². The van der Waals surface area contributed by atoms with Crippen molar-refractivity contribution in [3.05, 3.63) is 94.0 Å². The van der Waals surface area contributed by atoms with Crippen LogP contribution < -0.4 is 4.31 Å². The molecule has 0 amide bonds. The van der Waals surface area contributed by atoms with E-state index >= 15 is 0 Å². The fourth-order valence-electron chi connectivity index (χ4n) is 3.68. The molecule has 0 unspecified atom stereocenters. The first-order valence-electron chi connectivity index (χ1n) is 9.64.